The summed E-state index contributed by atoms with van der Waals surface area (Å²) >= 11 is 0. The molecule has 1 heterocycles. The topological polar surface area (TPSA) is 15.3 Å². The summed E-state index contributed by atoms with van der Waals surface area (Å²) in [5, 5.41) is 3.37. The summed E-state index contributed by atoms with van der Waals surface area (Å²) in [6.45, 7) is 9.74. The van der Waals surface area contributed by atoms with Crippen molar-refractivity contribution in [3.05, 3.63) is 29.8 Å². The molecule has 0 aromatic heterocycles. The fraction of sp³-hybridized carbons (Fsp3) is 0.647. The van der Waals surface area contributed by atoms with Crippen molar-refractivity contribution >= 4 is 5.69 Å². The largest absolute Gasteiger partial charge is 0.416 e. The summed E-state index contributed by atoms with van der Waals surface area (Å²) < 4.78 is 37.7. The Morgan fingerprint density at radius 2 is 1.64 bits per heavy atom. The highest BCUT2D eigenvalue weighted by molar-refractivity contribution is 5.46. The van der Waals surface area contributed by atoms with E-state index in [-0.39, 0.29) is 11.6 Å². The summed E-state index contributed by atoms with van der Waals surface area (Å²) in [5.41, 5.74) is 0.243. The number of halogens is 3. The Bertz CT molecular complexity index is 488. The number of nitrogens with one attached hydrogen (secondary N) is 1. The van der Waals surface area contributed by atoms with Gasteiger partial charge in [-0.15, -0.1) is 0 Å². The van der Waals surface area contributed by atoms with Crippen LogP contribution in [0.3, 0.4) is 0 Å². The van der Waals surface area contributed by atoms with E-state index in [1.54, 1.807) is 0 Å². The van der Waals surface area contributed by atoms with Crippen molar-refractivity contribution in [3.8, 4) is 0 Å². The number of hydrogen-bond donors (Lipinski definition) is 1. The molecule has 1 saturated heterocycles. The maximum Gasteiger partial charge on any atom is 0.416 e. The highest BCUT2D eigenvalue weighted by Crippen LogP contribution is 2.31. The van der Waals surface area contributed by atoms with E-state index in [9.17, 15) is 13.2 Å². The fourth-order valence-corrected chi connectivity index (χ4v) is 3.15. The van der Waals surface area contributed by atoms with Crippen LogP contribution in [0.2, 0.25) is 0 Å². The Morgan fingerprint density at radius 1 is 1.05 bits per heavy atom. The maximum absolute atomic E-state index is 12.6. The van der Waals surface area contributed by atoms with Gasteiger partial charge in [-0.3, -0.25) is 4.90 Å². The quantitative estimate of drug-likeness (QED) is 0.846. The zero-order valence-electron chi connectivity index (χ0n) is 13.7. The van der Waals surface area contributed by atoms with E-state index < -0.39 is 11.7 Å². The second-order valence-corrected chi connectivity index (χ2v) is 7.17. The van der Waals surface area contributed by atoms with Gasteiger partial charge in [0, 0.05) is 29.9 Å². The average molecular weight is 314 g/mol. The first-order chi connectivity index (χ1) is 10.1. The van der Waals surface area contributed by atoms with Crippen molar-refractivity contribution in [2.24, 2.45) is 0 Å². The molecule has 1 aliphatic rings. The molecular formula is C17H25F3N2. The smallest absolute Gasteiger partial charge is 0.381 e. The lowest BCUT2D eigenvalue weighted by atomic mass is 9.93. The van der Waals surface area contributed by atoms with E-state index in [0.29, 0.717) is 6.04 Å². The number of rotatable bonds is 2. The zero-order valence-corrected chi connectivity index (χ0v) is 13.7. The van der Waals surface area contributed by atoms with Gasteiger partial charge < -0.3 is 5.32 Å². The van der Waals surface area contributed by atoms with Gasteiger partial charge in [-0.1, -0.05) is 0 Å². The number of anilines is 1. The van der Waals surface area contributed by atoms with E-state index in [1.165, 1.54) is 12.1 Å². The van der Waals surface area contributed by atoms with Crippen molar-refractivity contribution in [3.63, 3.8) is 0 Å². The monoisotopic (exact) mass is 314 g/mol. The highest BCUT2D eigenvalue weighted by Gasteiger charge is 2.33. The van der Waals surface area contributed by atoms with Crippen LogP contribution in [0.4, 0.5) is 18.9 Å². The first kappa shape index (κ1) is 17.1. The molecule has 0 aliphatic carbocycles. The summed E-state index contributed by atoms with van der Waals surface area (Å²) in [6.07, 6.45) is -2.15. The second kappa shape index (κ2) is 6.11. The predicted octanol–water partition coefficient (Wildman–Crippen LogP) is 4.77. The fourth-order valence-electron chi connectivity index (χ4n) is 3.15. The summed E-state index contributed by atoms with van der Waals surface area (Å²) in [5.74, 6) is 0. The molecule has 124 valence electrons. The van der Waals surface area contributed by atoms with Gasteiger partial charge in [0.25, 0.3) is 0 Å². The second-order valence-electron chi connectivity index (χ2n) is 7.17. The van der Waals surface area contributed by atoms with Crippen molar-refractivity contribution in [1.82, 2.24) is 4.90 Å². The van der Waals surface area contributed by atoms with Gasteiger partial charge in [-0.2, -0.15) is 13.2 Å². The molecule has 2 atom stereocenters. The maximum atomic E-state index is 12.6. The molecule has 1 fully saturated rings. The first-order valence-electron chi connectivity index (χ1n) is 7.78. The standard InChI is InChI=1S/C17H25F3N2/c1-12-5-8-15(11-22(12)16(2,3)4)21-14-9-6-13(7-10-14)17(18,19)20/h6-7,9-10,12,15,21H,5,8,11H2,1-4H3/t12-,15?/m0/s1. The van der Waals surface area contributed by atoms with Crippen LogP contribution in [0.1, 0.15) is 46.1 Å². The van der Waals surface area contributed by atoms with E-state index >= 15 is 0 Å². The van der Waals surface area contributed by atoms with E-state index in [1.807, 2.05) is 0 Å². The van der Waals surface area contributed by atoms with Gasteiger partial charge in [-0.25, -0.2) is 0 Å². The molecule has 1 unspecified atom stereocenters. The third-order valence-corrected chi connectivity index (χ3v) is 4.33. The molecule has 1 aromatic carbocycles. The summed E-state index contributed by atoms with van der Waals surface area (Å²) in [7, 11) is 0. The van der Waals surface area contributed by atoms with E-state index in [4.69, 9.17) is 0 Å². The van der Waals surface area contributed by atoms with E-state index in [2.05, 4.69) is 37.9 Å². The molecule has 0 spiro atoms. The number of likely N-dealkylation sites (tertiary alicyclic amines) is 1. The lowest BCUT2D eigenvalue weighted by Crippen LogP contribution is -2.54. The molecule has 22 heavy (non-hydrogen) atoms. The van der Waals surface area contributed by atoms with Crippen LogP contribution in [-0.2, 0) is 6.18 Å². The molecule has 0 saturated carbocycles. The van der Waals surface area contributed by atoms with Crippen LogP contribution in [0, 0.1) is 0 Å². The van der Waals surface area contributed by atoms with Crippen molar-refractivity contribution < 1.29 is 13.2 Å². The molecule has 0 amide bonds. The van der Waals surface area contributed by atoms with Crippen molar-refractivity contribution in [2.45, 2.75) is 64.3 Å². The van der Waals surface area contributed by atoms with Gasteiger partial charge in [0.2, 0.25) is 0 Å². The molecular weight excluding hydrogens is 289 g/mol. The lowest BCUT2D eigenvalue weighted by molar-refractivity contribution is -0.137. The van der Waals surface area contributed by atoms with Crippen LogP contribution in [-0.4, -0.2) is 29.1 Å². The van der Waals surface area contributed by atoms with Crippen molar-refractivity contribution in [2.75, 3.05) is 11.9 Å². The number of benzene rings is 1. The minimum Gasteiger partial charge on any atom is -0.381 e. The van der Waals surface area contributed by atoms with Gasteiger partial charge >= 0.3 is 6.18 Å². The summed E-state index contributed by atoms with van der Waals surface area (Å²) in [6, 6.07) is 6.10. The van der Waals surface area contributed by atoms with Crippen LogP contribution in [0.5, 0.6) is 0 Å². The SMILES string of the molecule is C[C@H]1CCC(Nc2ccc(C(F)(F)F)cc2)CN1C(C)(C)C. The van der Waals surface area contributed by atoms with Crippen LogP contribution in [0.25, 0.3) is 0 Å². The molecule has 1 aliphatic heterocycles. The Balaban J connectivity index is 2.02. The van der Waals surface area contributed by atoms with Crippen molar-refractivity contribution in [1.29, 1.82) is 0 Å². The average Bonchev–Trinajstić information content (AvgIpc) is 2.39. The number of piperidine rings is 1. The minimum absolute atomic E-state index is 0.0971. The Kier molecular flexibility index (Phi) is 4.76. The third-order valence-electron chi connectivity index (χ3n) is 4.33. The summed E-state index contributed by atoms with van der Waals surface area (Å²) in [4.78, 5) is 2.46. The van der Waals surface area contributed by atoms with Crippen LogP contribution in [0.15, 0.2) is 24.3 Å². The van der Waals surface area contributed by atoms with E-state index in [0.717, 1.165) is 37.2 Å². The van der Waals surface area contributed by atoms with Gasteiger partial charge in [0.05, 0.1) is 5.56 Å². The Hall–Kier alpha value is -1.23. The molecule has 2 rings (SSSR count). The minimum atomic E-state index is -4.28. The van der Waals surface area contributed by atoms with Crippen LogP contribution >= 0.6 is 0 Å². The lowest BCUT2D eigenvalue weighted by Gasteiger charge is -2.46. The molecule has 2 nitrogen and oxygen atoms in total. The number of alkyl halides is 3. The Morgan fingerprint density at radius 3 is 2.14 bits per heavy atom. The van der Waals surface area contributed by atoms with Gasteiger partial charge in [0.15, 0.2) is 0 Å². The van der Waals surface area contributed by atoms with Gasteiger partial charge in [-0.05, 0) is 64.8 Å². The Labute approximate surface area is 130 Å². The zero-order chi connectivity index (χ0) is 16.5. The third kappa shape index (κ3) is 4.15. The van der Waals surface area contributed by atoms with Gasteiger partial charge in [0.1, 0.15) is 0 Å². The molecule has 0 radical (unpaired) electrons. The normalized spacial score (nSPS) is 24.3. The molecule has 0 bridgehead atoms. The number of hydrogen-bond acceptors (Lipinski definition) is 2. The van der Waals surface area contributed by atoms with Crippen LogP contribution < -0.4 is 5.32 Å². The molecule has 1 aromatic rings. The predicted molar refractivity (Wildman–Crippen MR) is 84.0 cm³/mol. The highest BCUT2D eigenvalue weighted by atomic mass is 19.4. The number of nitrogens with zero attached hydrogens (tertiary/aromatic N) is 1. The molecule has 1 N–H and O–H groups in total. The first-order valence-corrected chi connectivity index (χ1v) is 7.78. The molecule has 5 heteroatoms.